The lowest BCUT2D eigenvalue weighted by atomic mass is 9.91. The Morgan fingerprint density at radius 2 is 1.89 bits per heavy atom. The smallest absolute Gasteiger partial charge is 0.342 e. The summed E-state index contributed by atoms with van der Waals surface area (Å²) in [5.74, 6) is -1.37. The van der Waals surface area contributed by atoms with E-state index in [4.69, 9.17) is 27.9 Å². The number of benzene rings is 1. The maximum absolute atomic E-state index is 11.7. The Labute approximate surface area is 169 Å². The van der Waals surface area contributed by atoms with Gasteiger partial charge in [-0.2, -0.15) is 0 Å². The van der Waals surface area contributed by atoms with Gasteiger partial charge in [0.25, 0.3) is 0 Å². The highest BCUT2D eigenvalue weighted by Gasteiger charge is 2.54. The number of halogens is 2. The number of methoxy groups -OCH3 is 1. The third kappa shape index (κ3) is 6.09. The van der Waals surface area contributed by atoms with Crippen molar-refractivity contribution < 1.29 is 24.2 Å². The molecule has 5 nitrogen and oxygen atoms in total. The second-order valence-electron chi connectivity index (χ2n) is 6.97. The van der Waals surface area contributed by atoms with Crippen LogP contribution in [0.25, 0.3) is 0 Å². The SMILES string of the molecule is COC(=O)C1(O)CC(=O)OC1CCCCCCCCc1ccc(Cl)cc1Cl. The van der Waals surface area contributed by atoms with Crippen molar-refractivity contribution in [3.05, 3.63) is 33.8 Å². The van der Waals surface area contributed by atoms with Crippen LogP contribution in [0.4, 0.5) is 0 Å². The van der Waals surface area contributed by atoms with Gasteiger partial charge in [0.1, 0.15) is 6.10 Å². The number of aryl methyl sites for hydroxylation is 1. The Kier molecular flexibility index (Phi) is 8.39. The molecular formula is C20H26Cl2O5. The van der Waals surface area contributed by atoms with Crippen LogP contribution in [0, 0.1) is 0 Å². The molecule has 0 radical (unpaired) electrons. The van der Waals surface area contributed by atoms with Crippen molar-refractivity contribution >= 4 is 35.1 Å². The molecule has 0 aromatic heterocycles. The van der Waals surface area contributed by atoms with Crippen LogP contribution in [-0.2, 0) is 25.5 Å². The number of unbranched alkanes of at least 4 members (excludes halogenated alkanes) is 5. The van der Waals surface area contributed by atoms with Crippen molar-refractivity contribution in [3.8, 4) is 0 Å². The van der Waals surface area contributed by atoms with Crippen molar-refractivity contribution in [1.29, 1.82) is 0 Å². The first-order chi connectivity index (χ1) is 12.9. The molecule has 2 rings (SSSR count). The largest absolute Gasteiger partial charge is 0.467 e. The van der Waals surface area contributed by atoms with Gasteiger partial charge in [-0.05, 0) is 43.4 Å². The number of carbonyl (C=O) groups is 2. The van der Waals surface area contributed by atoms with Gasteiger partial charge in [-0.15, -0.1) is 0 Å². The van der Waals surface area contributed by atoms with E-state index in [-0.39, 0.29) is 6.42 Å². The molecule has 0 bridgehead atoms. The van der Waals surface area contributed by atoms with Crippen molar-refractivity contribution in [2.45, 2.75) is 69.5 Å². The highest BCUT2D eigenvalue weighted by molar-refractivity contribution is 6.35. The summed E-state index contributed by atoms with van der Waals surface area (Å²) in [7, 11) is 1.19. The molecule has 1 aromatic rings. The second-order valence-corrected chi connectivity index (χ2v) is 7.81. The number of hydrogen-bond donors (Lipinski definition) is 1. The topological polar surface area (TPSA) is 72.8 Å². The fraction of sp³-hybridized carbons (Fsp3) is 0.600. The molecule has 1 aliphatic rings. The predicted molar refractivity (Wildman–Crippen MR) is 104 cm³/mol. The van der Waals surface area contributed by atoms with Crippen LogP contribution in [-0.4, -0.2) is 35.9 Å². The van der Waals surface area contributed by atoms with E-state index in [1.165, 1.54) is 7.11 Å². The van der Waals surface area contributed by atoms with Crippen LogP contribution >= 0.6 is 23.2 Å². The van der Waals surface area contributed by atoms with E-state index < -0.39 is 23.6 Å². The summed E-state index contributed by atoms with van der Waals surface area (Å²) in [4.78, 5) is 23.2. The highest BCUT2D eigenvalue weighted by atomic mass is 35.5. The van der Waals surface area contributed by atoms with E-state index in [2.05, 4.69) is 4.74 Å². The summed E-state index contributed by atoms with van der Waals surface area (Å²) in [6, 6.07) is 5.59. The first-order valence-corrected chi connectivity index (χ1v) is 10.1. The number of esters is 2. The quantitative estimate of drug-likeness (QED) is 0.449. The molecular weight excluding hydrogens is 391 g/mol. The summed E-state index contributed by atoms with van der Waals surface area (Å²) in [5, 5.41) is 11.7. The lowest BCUT2D eigenvalue weighted by molar-refractivity contribution is -0.168. The van der Waals surface area contributed by atoms with Crippen LogP contribution < -0.4 is 0 Å². The van der Waals surface area contributed by atoms with E-state index in [1.807, 2.05) is 12.1 Å². The van der Waals surface area contributed by atoms with Gasteiger partial charge in [-0.3, -0.25) is 4.79 Å². The van der Waals surface area contributed by atoms with Crippen molar-refractivity contribution in [2.24, 2.45) is 0 Å². The number of cyclic esters (lactones) is 1. The lowest BCUT2D eigenvalue weighted by Gasteiger charge is -2.24. The fourth-order valence-corrected chi connectivity index (χ4v) is 3.89. The molecule has 0 amide bonds. The standard InChI is InChI=1S/C20H26Cl2O5/c1-26-19(24)20(25)13-18(23)27-17(20)9-7-5-3-2-4-6-8-14-10-11-15(21)12-16(14)22/h10-12,17,25H,2-9,13H2,1H3. The van der Waals surface area contributed by atoms with Gasteiger partial charge < -0.3 is 14.6 Å². The zero-order valence-electron chi connectivity index (χ0n) is 15.5. The molecule has 1 saturated heterocycles. The minimum absolute atomic E-state index is 0.336. The van der Waals surface area contributed by atoms with Crippen LogP contribution in [0.3, 0.4) is 0 Å². The van der Waals surface area contributed by atoms with E-state index in [9.17, 15) is 14.7 Å². The van der Waals surface area contributed by atoms with Crippen LogP contribution in [0.5, 0.6) is 0 Å². The van der Waals surface area contributed by atoms with Gasteiger partial charge in [0.2, 0.25) is 5.60 Å². The van der Waals surface area contributed by atoms with E-state index >= 15 is 0 Å². The van der Waals surface area contributed by atoms with Gasteiger partial charge in [-0.25, -0.2) is 4.79 Å². The molecule has 1 aromatic carbocycles. The van der Waals surface area contributed by atoms with Gasteiger partial charge >= 0.3 is 11.9 Å². The van der Waals surface area contributed by atoms with Gasteiger partial charge in [-0.1, -0.05) is 55.0 Å². The van der Waals surface area contributed by atoms with Gasteiger partial charge in [0.15, 0.2) is 0 Å². The Morgan fingerprint density at radius 3 is 2.56 bits per heavy atom. The first kappa shape index (κ1) is 22.0. The minimum atomic E-state index is -1.84. The summed E-state index contributed by atoms with van der Waals surface area (Å²) in [6.45, 7) is 0. The molecule has 7 heteroatoms. The third-order valence-corrected chi connectivity index (χ3v) is 5.52. The number of ether oxygens (including phenoxy) is 2. The molecule has 1 fully saturated rings. The summed E-state index contributed by atoms with van der Waals surface area (Å²) in [6.07, 6.45) is 6.27. The number of hydrogen-bond acceptors (Lipinski definition) is 5. The minimum Gasteiger partial charge on any atom is -0.467 e. The molecule has 0 aliphatic carbocycles. The molecule has 150 valence electrons. The molecule has 1 aliphatic heterocycles. The molecule has 0 saturated carbocycles. The molecule has 2 unspecified atom stereocenters. The van der Waals surface area contributed by atoms with Gasteiger partial charge in [0, 0.05) is 10.0 Å². The second kappa shape index (κ2) is 10.3. The number of carbonyl (C=O) groups excluding carboxylic acids is 2. The van der Waals surface area contributed by atoms with Crippen molar-refractivity contribution in [1.82, 2.24) is 0 Å². The third-order valence-electron chi connectivity index (χ3n) is 4.94. The Balaban J connectivity index is 1.60. The monoisotopic (exact) mass is 416 g/mol. The van der Waals surface area contributed by atoms with E-state index in [0.29, 0.717) is 16.5 Å². The maximum Gasteiger partial charge on any atom is 0.342 e. The number of aliphatic hydroxyl groups is 1. The Morgan fingerprint density at radius 1 is 1.22 bits per heavy atom. The molecule has 0 spiro atoms. The zero-order chi connectivity index (χ0) is 19.9. The van der Waals surface area contributed by atoms with Crippen molar-refractivity contribution in [3.63, 3.8) is 0 Å². The number of rotatable bonds is 10. The Bertz CT molecular complexity index is 664. The summed E-state index contributed by atoms with van der Waals surface area (Å²) in [5.41, 5.74) is -0.727. The maximum atomic E-state index is 11.7. The predicted octanol–water partition coefficient (Wildman–Crippen LogP) is 4.49. The van der Waals surface area contributed by atoms with Crippen LogP contribution in [0.2, 0.25) is 10.0 Å². The zero-order valence-corrected chi connectivity index (χ0v) is 17.0. The molecule has 27 heavy (non-hydrogen) atoms. The van der Waals surface area contributed by atoms with Gasteiger partial charge in [0.05, 0.1) is 13.5 Å². The fourth-order valence-electron chi connectivity index (χ4n) is 3.39. The normalized spacial score (nSPS) is 21.9. The van der Waals surface area contributed by atoms with Crippen LogP contribution in [0.1, 0.15) is 56.9 Å². The average molecular weight is 417 g/mol. The summed E-state index contributed by atoms with van der Waals surface area (Å²) < 4.78 is 9.70. The molecule has 1 N–H and O–H groups in total. The van der Waals surface area contributed by atoms with Crippen molar-refractivity contribution in [2.75, 3.05) is 7.11 Å². The van der Waals surface area contributed by atoms with Crippen LogP contribution in [0.15, 0.2) is 18.2 Å². The highest BCUT2D eigenvalue weighted by Crippen LogP contribution is 2.32. The van der Waals surface area contributed by atoms with E-state index in [1.54, 1.807) is 6.07 Å². The summed E-state index contributed by atoms with van der Waals surface area (Å²) >= 11 is 12.1. The first-order valence-electron chi connectivity index (χ1n) is 9.31. The molecule has 1 heterocycles. The Hall–Kier alpha value is -1.30. The average Bonchev–Trinajstić information content (AvgIpc) is 2.92. The molecule has 2 atom stereocenters. The van der Waals surface area contributed by atoms with E-state index in [0.717, 1.165) is 50.5 Å². The lowest BCUT2D eigenvalue weighted by Crippen LogP contribution is -2.46.